The highest BCUT2D eigenvalue weighted by Crippen LogP contribution is 2.44. The number of rotatable bonds is 2. The fourth-order valence-corrected chi connectivity index (χ4v) is 4.38. The van der Waals surface area contributed by atoms with Gasteiger partial charge in [-0.15, -0.1) is 0 Å². The molecule has 1 fully saturated rings. The molecule has 1 aliphatic heterocycles. The summed E-state index contributed by atoms with van der Waals surface area (Å²) in [6, 6.07) is 3.37. The fraction of sp³-hybridized carbons (Fsp3) is 0.500. The quantitative estimate of drug-likeness (QED) is 0.802. The molecular weight excluding hydrogens is 342 g/mol. The smallest absolute Gasteiger partial charge is 0.263 e. The molecule has 142 valence electrons. The molecule has 0 bridgehead atoms. The zero-order valence-electron chi connectivity index (χ0n) is 16.1. The molecule has 1 atom stereocenters. The summed E-state index contributed by atoms with van der Waals surface area (Å²) in [5.74, 6) is 0.529. The second-order valence-electron chi connectivity index (χ2n) is 7.89. The van der Waals surface area contributed by atoms with Crippen LogP contribution in [-0.4, -0.2) is 52.5 Å². The first-order valence-electron chi connectivity index (χ1n) is 9.40. The number of hydrogen-bond acceptors (Lipinski definition) is 5. The maximum Gasteiger partial charge on any atom is 0.263 e. The van der Waals surface area contributed by atoms with Gasteiger partial charge in [0.2, 0.25) is 5.95 Å². The van der Waals surface area contributed by atoms with Crippen molar-refractivity contribution in [3.63, 3.8) is 0 Å². The molecule has 3 heterocycles. The molecular formula is C20H25N5O2. The monoisotopic (exact) mass is 367 g/mol. The Morgan fingerprint density at radius 1 is 1.30 bits per heavy atom. The van der Waals surface area contributed by atoms with Gasteiger partial charge >= 0.3 is 0 Å². The number of likely N-dealkylation sites (tertiary alicyclic amines) is 1. The van der Waals surface area contributed by atoms with Crippen LogP contribution >= 0.6 is 0 Å². The largest absolute Gasteiger partial charge is 0.347 e. The minimum absolute atomic E-state index is 0.128. The number of aryl methyl sites for hydroxylation is 2. The van der Waals surface area contributed by atoms with E-state index in [0.717, 1.165) is 31.4 Å². The second kappa shape index (κ2) is 6.48. The van der Waals surface area contributed by atoms with Gasteiger partial charge in [-0.3, -0.25) is 9.59 Å². The number of carbonyl (C=O) groups is 1. The van der Waals surface area contributed by atoms with E-state index >= 15 is 0 Å². The van der Waals surface area contributed by atoms with Crippen molar-refractivity contribution in [2.45, 2.75) is 31.1 Å². The van der Waals surface area contributed by atoms with Crippen LogP contribution in [0.2, 0.25) is 0 Å². The van der Waals surface area contributed by atoms with Crippen molar-refractivity contribution in [1.82, 2.24) is 19.4 Å². The maximum absolute atomic E-state index is 13.1. The van der Waals surface area contributed by atoms with E-state index in [-0.39, 0.29) is 22.4 Å². The van der Waals surface area contributed by atoms with Crippen LogP contribution in [0.1, 0.15) is 40.9 Å². The molecule has 1 unspecified atom stereocenters. The molecule has 0 N–H and O–H groups in total. The van der Waals surface area contributed by atoms with Crippen molar-refractivity contribution in [3.05, 3.63) is 51.7 Å². The van der Waals surface area contributed by atoms with Crippen LogP contribution in [0, 0.1) is 0 Å². The number of anilines is 1. The van der Waals surface area contributed by atoms with Crippen molar-refractivity contribution >= 4 is 11.9 Å². The highest BCUT2D eigenvalue weighted by molar-refractivity contribution is 5.94. The lowest BCUT2D eigenvalue weighted by Crippen LogP contribution is -2.49. The summed E-state index contributed by atoms with van der Waals surface area (Å²) >= 11 is 0. The summed E-state index contributed by atoms with van der Waals surface area (Å²) in [6.07, 6.45) is 7.45. The molecule has 1 aliphatic carbocycles. The Morgan fingerprint density at radius 2 is 2.11 bits per heavy atom. The molecule has 1 spiro atoms. The summed E-state index contributed by atoms with van der Waals surface area (Å²) in [5.41, 5.74) is 2.14. The molecule has 2 aromatic heterocycles. The molecule has 27 heavy (non-hydrogen) atoms. The molecule has 1 amide bonds. The van der Waals surface area contributed by atoms with E-state index in [1.165, 1.54) is 10.1 Å². The molecule has 0 aromatic carbocycles. The summed E-state index contributed by atoms with van der Waals surface area (Å²) in [7, 11) is 5.54. The average molecular weight is 367 g/mol. The van der Waals surface area contributed by atoms with Gasteiger partial charge in [-0.1, -0.05) is 0 Å². The number of amides is 1. The Hall–Kier alpha value is -2.70. The van der Waals surface area contributed by atoms with E-state index in [4.69, 9.17) is 4.98 Å². The molecule has 2 aliphatic rings. The van der Waals surface area contributed by atoms with Gasteiger partial charge < -0.3 is 14.4 Å². The lowest BCUT2D eigenvalue weighted by atomic mass is 9.77. The third-order valence-corrected chi connectivity index (χ3v) is 5.84. The van der Waals surface area contributed by atoms with Crippen LogP contribution in [0.3, 0.4) is 0 Å². The molecule has 7 nitrogen and oxygen atoms in total. The topological polar surface area (TPSA) is 71.3 Å². The molecule has 7 heteroatoms. The first-order chi connectivity index (χ1) is 12.9. The minimum Gasteiger partial charge on any atom is -0.347 e. The molecule has 1 saturated heterocycles. The number of piperidine rings is 1. The van der Waals surface area contributed by atoms with Gasteiger partial charge in [0.15, 0.2) is 0 Å². The lowest BCUT2D eigenvalue weighted by molar-refractivity contribution is 0.0631. The SMILES string of the molecule is CN(C)c1ncc2c(n1)C1(CCCN(C(=O)c3cccn(C)c3=O)C1)CC2. The number of aromatic nitrogens is 3. The van der Waals surface area contributed by atoms with E-state index in [2.05, 4.69) is 4.98 Å². The van der Waals surface area contributed by atoms with Gasteiger partial charge in [-0.05, 0) is 43.4 Å². The minimum atomic E-state index is -0.244. The van der Waals surface area contributed by atoms with E-state index < -0.39 is 0 Å². The number of hydrogen-bond donors (Lipinski definition) is 0. The first kappa shape index (κ1) is 17.7. The van der Waals surface area contributed by atoms with E-state index in [9.17, 15) is 9.59 Å². The van der Waals surface area contributed by atoms with Crippen molar-refractivity contribution in [1.29, 1.82) is 0 Å². The maximum atomic E-state index is 13.1. The predicted molar refractivity (Wildman–Crippen MR) is 103 cm³/mol. The van der Waals surface area contributed by atoms with Gasteiger partial charge in [0, 0.05) is 52.0 Å². The van der Waals surface area contributed by atoms with E-state index in [0.29, 0.717) is 19.0 Å². The van der Waals surface area contributed by atoms with Crippen LogP contribution < -0.4 is 10.5 Å². The van der Waals surface area contributed by atoms with Gasteiger partial charge in [0.1, 0.15) is 5.56 Å². The first-order valence-corrected chi connectivity index (χ1v) is 9.40. The molecule has 0 radical (unpaired) electrons. The van der Waals surface area contributed by atoms with E-state index in [1.807, 2.05) is 30.1 Å². The van der Waals surface area contributed by atoms with Crippen LogP contribution in [0.5, 0.6) is 0 Å². The summed E-state index contributed by atoms with van der Waals surface area (Å²) in [4.78, 5) is 38.5. The Balaban J connectivity index is 1.67. The Kier molecular flexibility index (Phi) is 4.25. The lowest BCUT2D eigenvalue weighted by Gasteiger charge is -2.40. The van der Waals surface area contributed by atoms with E-state index in [1.54, 1.807) is 25.4 Å². The Morgan fingerprint density at radius 3 is 2.89 bits per heavy atom. The van der Waals surface area contributed by atoms with Crippen molar-refractivity contribution < 1.29 is 4.79 Å². The molecule has 0 saturated carbocycles. The third kappa shape index (κ3) is 2.91. The third-order valence-electron chi connectivity index (χ3n) is 5.84. The average Bonchev–Trinajstić information content (AvgIpc) is 3.01. The fourth-order valence-electron chi connectivity index (χ4n) is 4.38. The van der Waals surface area contributed by atoms with Crippen LogP contribution in [0.15, 0.2) is 29.3 Å². The van der Waals surface area contributed by atoms with Crippen LogP contribution in [0.4, 0.5) is 5.95 Å². The zero-order chi connectivity index (χ0) is 19.2. The van der Waals surface area contributed by atoms with Gasteiger partial charge in [0.05, 0.1) is 5.69 Å². The van der Waals surface area contributed by atoms with Crippen molar-refractivity contribution in [3.8, 4) is 0 Å². The highest BCUT2D eigenvalue weighted by Gasteiger charge is 2.45. The van der Waals surface area contributed by atoms with Gasteiger partial charge in [-0.25, -0.2) is 9.97 Å². The van der Waals surface area contributed by atoms with Gasteiger partial charge in [-0.2, -0.15) is 0 Å². The summed E-state index contributed by atoms with van der Waals surface area (Å²) in [5, 5.41) is 0. The van der Waals surface area contributed by atoms with Crippen molar-refractivity contribution in [2.75, 3.05) is 32.1 Å². The van der Waals surface area contributed by atoms with Crippen molar-refractivity contribution in [2.24, 2.45) is 7.05 Å². The number of nitrogens with zero attached hydrogens (tertiary/aromatic N) is 5. The number of carbonyl (C=O) groups excluding carboxylic acids is 1. The highest BCUT2D eigenvalue weighted by atomic mass is 16.2. The normalized spacial score (nSPS) is 21.4. The summed E-state index contributed by atoms with van der Waals surface area (Å²) < 4.78 is 1.45. The van der Waals surface area contributed by atoms with Gasteiger partial charge in [0.25, 0.3) is 11.5 Å². The van der Waals surface area contributed by atoms with Crippen LogP contribution in [-0.2, 0) is 18.9 Å². The standard InChI is InChI=1S/C20H25N5O2/c1-23(2)19-21-12-14-7-9-20(16(14)22-19)8-5-11-25(13-20)18(27)15-6-4-10-24(3)17(15)26/h4,6,10,12H,5,7-9,11,13H2,1-3H3. The number of fused-ring (bicyclic) bond motifs is 2. The number of pyridine rings is 1. The molecule has 4 rings (SSSR count). The zero-order valence-corrected chi connectivity index (χ0v) is 16.1. The second-order valence-corrected chi connectivity index (χ2v) is 7.89. The molecule has 2 aromatic rings. The summed E-state index contributed by atoms with van der Waals surface area (Å²) in [6.45, 7) is 1.29. The Labute approximate surface area is 158 Å². The predicted octanol–water partition coefficient (Wildman–Crippen LogP) is 1.36. The Bertz CT molecular complexity index is 948. The van der Waals surface area contributed by atoms with Crippen LogP contribution in [0.25, 0.3) is 0 Å².